The van der Waals surface area contributed by atoms with Crippen molar-refractivity contribution >= 4 is 11.7 Å². The number of nitrogens with one attached hydrogen (secondary N) is 1. The van der Waals surface area contributed by atoms with Crippen molar-refractivity contribution in [3.63, 3.8) is 0 Å². The molecule has 1 aromatic rings. The SMILES string of the molecule is COc1cccc(NC(=O)N2C3C=CCC2CC3)c1OC. The molecule has 5 heteroatoms. The van der Waals surface area contributed by atoms with Crippen molar-refractivity contribution in [2.75, 3.05) is 19.5 Å². The molecule has 2 heterocycles. The molecule has 3 rings (SSSR count). The number of ether oxygens (including phenoxy) is 2. The van der Waals surface area contributed by atoms with Crippen LogP contribution in [0.3, 0.4) is 0 Å². The van der Waals surface area contributed by atoms with Crippen LogP contribution in [0.2, 0.25) is 0 Å². The molecule has 2 unspecified atom stereocenters. The van der Waals surface area contributed by atoms with Crippen LogP contribution in [0.5, 0.6) is 11.5 Å². The van der Waals surface area contributed by atoms with Crippen LogP contribution >= 0.6 is 0 Å². The topological polar surface area (TPSA) is 50.8 Å². The van der Waals surface area contributed by atoms with Gasteiger partial charge in [0.15, 0.2) is 11.5 Å². The Morgan fingerprint density at radius 1 is 1.29 bits per heavy atom. The Kier molecular flexibility index (Phi) is 3.73. The number of carbonyl (C=O) groups excluding carboxylic acids is 1. The Labute approximate surface area is 124 Å². The van der Waals surface area contributed by atoms with E-state index in [1.54, 1.807) is 14.2 Å². The minimum absolute atomic E-state index is 0.0709. The van der Waals surface area contributed by atoms with E-state index < -0.39 is 0 Å². The number of benzene rings is 1. The Hall–Kier alpha value is -2.17. The highest BCUT2D eigenvalue weighted by molar-refractivity contribution is 5.92. The molecule has 1 fully saturated rings. The predicted molar refractivity (Wildman–Crippen MR) is 81.0 cm³/mol. The second-order valence-electron chi connectivity index (χ2n) is 5.34. The maximum atomic E-state index is 12.6. The number of anilines is 1. The second kappa shape index (κ2) is 5.68. The average Bonchev–Trinajstić information content (AvgIpc) is 2.76. The smallest absolute Gasteiger partial charge is 0.322 e. The number of fused-ring (bicyclic) bond motifs is 2. The first kappa shape index (κ1) is 13.8. The van der Waals surface area contributed by atoms with Crippen molar-refractivity contribution in [2.24, 2.45) is 0 Å². The molecule has 2 atom stereocenters. The van der Waals surface area contributed by atoms with Gasteiger partial charge in [-0.25, -0.2) is 4.79 Å². The van der Waals surface area contributed by atoms with Crippen LogP contribution in [0.15, 0.2) is 30.4 Å². The zero-order valence-electron chi connectivity index (χ0n) is 12.3. The fourth-order valence-corrected chi connectivity index (χ4v) is 3.21. The van der Waals surface area contributed by atoms with Gasteiger partial charge in [-0.05, 0) is 31.4 Å². The van der Waals surface area contributed by atoms with Crippen LogP contribution in [0.4, 0.5) is 10.5 Å². The molecule has 0 saturated carbocycles. The highest BCUT2D eigenvalue weighted by Crippen LogP contribution is 2.36. The number of hydrogen-bond donors (Lipinski definition) is 1. The quantitative estimate of drug-likeness (QED) is 0.870. The summed E-state index contributed by atoms with van der Waals surface area (Å²) in [7, 11) is 3.15. The summed E-state index contributed by atoms with van der Waals surface area (Å²) >= 11 is 0. The lowest BCUT2D eigenvalue weighted by atomic mass is 10.1. The molecule has 0 spiro atoms. The lowest BCUT2D eigenvalue weighted by molar-refractivity contribution is 0.192. The van der Waals surface area contributed by atoms with Crippen LogP contribution in [0, 0.1) is 0 Å². The van der Waals surface area contributed by atoms with Gasteiger partial charge in [0.2, 0.25) is 0 Å². The van der Waals surface area contributed by atoms with Crippen molar-refractivity contribution in [3.05, 3.63) is 30.4 Å². The van der Waals surface area contributed by atoms with E-state index >= 15 is 0 Å². The third kappa shape index (κ3) is 2.44. The number of amides is 2. The Morgan fingerprint density at radius 3 is 2.86 bits per heavy atom. The molecule has 2 aliphatic rings. The number of methoxy groups -OCH3 is 2. The molecule has 2 bridgehead atoms. The van der Waals surface area contributed by atoms with Gasteiger partial charge in [0, 0.05) is 6.04 Å². The van der Waals surface area contributed by atoms with Crippen LogP contribution in [-0.2, 0) is 0 Å². The fraction of sp³-hybridized carbons (Fsp3) is 0.438. The highest BCUT2D eigenvalue weighted by Gasteiger charge is 2.37. The molecule has 0 aliphatic carbocycles. The maximum absolute atomic E-state index is 12.6. The number of para-hydroxylation sites is 1. The highest BCUT2D eigenvalue weighted by atomic mass is 16.5. The molecular weight excluding hydrogens is 268 g/mol. The standard InChI is InChI=1S/C16H20N2O3/c1-20-14-8-4-7-13(15(14)21-2)17-16(19)18-11-5-3-6-12(18)10-9-11/h3-5,7-8,11-12H,6,9-10H2,1-2H3,(H,17,19). The third-order valence-corrected chi connectivity index (χ3v) is 4.19. The zero-order valence-corrected chi connectivity index (χ0v) is 12.3. The van der Waals surface area contributed by atoms with Crippen LogP contribution in [0.25, 0.3) is 0 Å². The zero-order chi connectivity index (χ0) is 14.8. The predicted octanol–water partition coefficient (Wildman–Crippen LogP) is 3.03. The van der Waals surface area contributed by atoms with Crippen molar-refractivity contribution in [3.8, 4) is 11.5 Å². The van der Waals surface area contributed by atoms with Gasteiger partial charge in [-0.2, -0.15) is 0 Å². The van der Waals surface area contributed by atoms with Gasteiger partial charge in [-0.1, -0.05) is 18.2 Å². The van der Waals surface area contributed by atoms with Gasteiger partial charge in [-0.15, -0.1) is 0 Å². The van der Waals surface area contributed by atoms with Crippen LogP contribution in [-0.4, -0.2) is 37.2 Å². The van der Waals surface area contributed by atoms with Crippen molar-refractivity contribution in [2.45, 2.75) is 31.3 Å². The molecule has 2 aliphatic heterocycles. The summed E-state index contributed by atoms with van der Waals surface area (Å²) in [6.45, 7) is 0. The summed E-state index contributed by atoms with van der Waals surface area (Å²) in [5.74, 6) is 1.16. The normalized spacial score (nSPS) is 23.0. The van der Waals surface area contributed by atoms with E-state index in [4.69, 9.17) is 9.47 Å². The van der Waals surface area contributed by atoms with Crippen molar-refractivity contribution in [1.82, 2.24) is 4.90 Å². The Morgan fingerprint density at radius 2 is 2.14 bits per heavy atom. The molecule has 21 heavy (non-hydrogen) atoms. The molecular formula is C16H20N2O3. The van der Waals surface area contributed by atoms with E-state index in [1.165, 1.54) is 0 Å². The van der Waals surface area contributed by atoms with E-state index in [2.05, 4.69) is 17.5 Å². The van der Waals surface area contributed by atoms with Gasteiger partial charge >= 0.3 is 6.03 Å². The third-order valence-electron chi connectivity index (χ3n) is 4.19. The lowest BCUT2D eigenvalue weighted by Gasteiger charge is -2.31. The monoisotopic (exact) mass is 288 g/mol. The Bertz CT molecular complexity index is 571. The molecule has 5 nitrogen and oxygen atoms in total. The summed E-state index contributed by atoms with van der Waals surface area (Å²) in [6, 6.07) is 5.93. The maximum Gasteiger partial charge on any atom is 0.322 e. The first-order valence-electron chi connectivity index (χ1n) is 7.21. The molecule has 112 valence electrons. The number of rotatable bonds is 3. The molecule has 1 saturated heterocycles. The van der Waals surface area contributed by atoms with E-state index in [0.717, 1.165) is 19.3 Å². The lowest BCUT2D eigenvalue weighted by Crippen LogP contribution is -2.44. The summed E-state index contributed by atoms with van der Waals surface area (Å²) < 4.78 is 10.6. The van der Waals surface area contributed by atoms with E-state index in [-0.39, 0.29) is 12.1 Å². The molecule has 0 aromatic heterocycles. The molecule has 0 radical (unpaired) electrons. The number of hydrogen-bond acceptors (Lipinski definition) is 3. The molecule has 1 N–H and O–H groups in total. The first-order valence-corrected chi connectivity index (χ1v) is 7.21. The minimum Gasteiger partial charge on any atom is -0.493 e. The van der Waals surface area contributed by atoms with E-state index in [9.17, 15) is 4.79 Å². The molecule has 1 aromatic carbocycles. The minimum atomic E-state index is -0.0709. The summed E-state index contributed by atoms with van der Waals surface area (Å²) in [4.78, 5) is 14.5. The van der Waals surface area contributed by atoms with Crippen molar-refractivity contribution < 1.29 is 14.3 Å². The summed E-state index contributed by atoms with van der Waals surface area (Å²) in [5.41, 5.74) is 0.635. The number of urea groups is 1. The van der Waals surface area contributed by atoms with Gasteiger partial charge in [0.05, 0.1) is 25.9 Å². The largest absolute Gasteiger partial charge is 0.493 e. The van der Waals surface area contributed by atoms with Crippen LogP contribution < -0.4 is 14.8 Å². The van der Waals surface area contributed by atoms with Gasteiger partial charge < -0.3 is 19.7 Å². The summed E-state index contributed by atoms with van der Waals surface area (Å²) in [5, 5.41) is 2.95. The van der Waals surface area contributed by atoms with Gasteiger partial charge in [0.25, 0.3) is 0 Å². The van der Waals surface area contributed by atoms with Crippen LogP contribution in [0.1, 0.15) is 19.3 Å². The Balaban J connectivity index is 1.81. The first-order chi connectivity index (χ1) is 10.2. The van der Waals surface area contributed by atoms with E-state index in [0.29, 0.717) is 23.2 Å². The number of nitrogens with zero attached hydrogens (tertiary/aromatic N) is 1. The fourth-order valence-electron chi connectivity index (χ4n) is 3.21. The van der Waals surface area contributed by atoms with Gasteiger partial charge in [-0.3, -0.25) is 0 Å². The number of carbonyl (C=O) groups is 1. The summed E-state index contributed by atoms with van der Waals surface area (Å²) in [6.07, 6.45) is 7.37. The molecule has 2 amide bonds. The van der Waals surface area contributed by atoms with Gasteiger partial charge in [0.1, 0.15) is 0 Å². The average molecular weight is 288 g/mol. The second-order valence-corrected chi connectivity index (χ2v) is 5.34. The van der Waals surface area contributed by atoms with Crippen molar-refractivity contribution in [1.29, 1.82) is 0 Å². The van der Waals surface area contributed by atoms with E-state index in [1.807, 2.05) is 23.1 Å².